The minimum atomic E-state index is -1.08. The largest absolute Gasteiger partial charge is 0.480 e. The Morgan fingerprint density at radius 2 is 2.19 bits per heavy atom. The number of halogens is 1. The second-order valence-electron chi connectivity index (χ2n) is 3.25. The first kappa shape index (κ1) is 12.3. The molecule has 1 aromatic rings. The number of aliphatic carboxylic acids is 1. The van der Waals surface area contributed by atoms with Crippen LogP contribution < -0.4 is 5.32 Å². The molecular weight excluding hydrogens is 230 g/mol. The highest BCUT2D eigenvalue weighted by Crippen LogP contribution is 2.06. The molecule has 0 radical (unpaired) electrons. The summed E-state index contributed by atoms with van der Waals surface area (Å²) in [6.07, 6.45) is 0.155. The highest BCUT2D eigenvalue weighted by atomic mass is 35.5. The summed E-state index contributed by atoms with van der Waals surface area (Å²) in [6.45, 7) is 1.27. The van der Waals surface area contributed by atoms with Gasteiger partial charge in [-0.25, -0.2) is 4.79 Å². The van der Waals surface area contributed by atoms with Crippen LogP contribution in [-0.4, -0.2) is 23.0 Å². The molecule has 1 aromatic carbocycles. The highest BCUT2D eigenvalue weighted by molar-refractivity contribution is 6.30. The summed E-state index contributed by atoms with van der Waals surface area (Å²) in [6, 6.07) is 7.65. The maximum absolute atomic E-state index is 10.8. The van der Waals surface area contributed by atoms with Gasteiger partial charge in [0.05, 0.1) is 5.02 Å². The molecule has 2 N–H and O–H groups in total. The summed E-state index contributed by atoms with van der Waals surface area (Å²) in [7, 11) is 0. The third-order valence-corrected chi connectivity index (χ3v) is 2.09. The van der Waals surface area contributed by atoms with Gasteiger partial charge in [-0.3, -0.25) is 4.79 Å². The normalized spacial score (nSPS) is 11.4. The summed E-state index contributed by atoms with van der Waals surface area (Å²) in [4.78, 5) is 21.6. The van der Waals surface area contributed by atoms with Crippen molar-refractivity contribution in [2.75, 3.05) is 0 Å². The maximum Gasteiger partial charge on any atom is 0.326 e. The zero-order chi connectivity index (χ0) is 12.1. The van der Waals surface area contributed by atoms with E-state index < -0.39 is 12.0 Å². The lowest BCUT2D eigenvalue weighted by Crippen LogP contribution is -2.41. The van der Waals surface area contributed by atoms with Gasteiger partial charge in [0.15, 0.2) is 0 Å². The van der Waals surface area contributed by atoms with E-state index in [1.165, 1.54) is 6.92 Å². The number of rotatable bonds is 4. The Morgan fingerprint density at radius 1 is 1.50 bits per heavy atom. The molecule has 0 fully saturated rings. The van der Waals surface area contributed by atoms with Crippen molar-refractivity contribution >= 4 is 23.5 Å². The van der Waals surface area contributed by atoms with Gasteiger partial charge >= 0.3 is 5.97 Å². The first-order valence-electron chi connectivity index (χ1n) is 4.57. The van der Waals surface area contributed by atoms with E-state index in [9.17, 15) is 9.59 Å². The molecule has 16 heavy (non-hydrogen) atoms. The number of carbonyl (C=O) groups excluding carboxylic acids is 1. The lowest BCUT2D eigenvalue weighted by atomic mass is 10.1. The van der Waals surface area contributed by atoms with Gasteiger partial charge in [0.2, 0.25) is 5.91 Å². The fourth-order valence-corrected chi connectivity index (χ4v) is 1.29. The Bertz CT molecular complexity index is 389. The van der Waals surface area contributed by atoms with Crippen LogP contribution in [0.5, 0.6) is 0 Å². The lowest BCUT2D eigenvalue weighted by Gasteiger charge is -2.11. The number of hydrogen-bond acceptors (Lipinski definition) is 2. The smallest absolute Gasteiger partial charge is 0.326 e. The molecule has 0 saturated heterocycles. The molecule has 84 valence electrons. The van der Waals surface area contributed by atoms with Gasteiger partial charge in [-0.05, 0) is 18.2 Å². The summed E-state index contributed by atoms with van der Waals surface area (Å²) in [5.74, 6) is -1.47. The molecule has 1 rings (SSSR count). The van der Waals surface area contributed by atoms with Crippen molar-refractivity contribution in [3.8, 4) is 0 Å². The summed E-state index contributed by atoms with van der Waals surface area (Å²) < 4.78 is 0. The number of nitrogens with one attached hydrogen (secondary N) is 1. The van der Waals surface area contributed by atoms with Crippen LogP contribution >= 0.6 is 11.6 Å². The van der Waals surface area contributed by atoms with Gasteiger partial charge in [0, 0.05) is 18.9 Å². The van der Waals surface area contributed by atoms with Crippen molar-refractivity contribution < 1.29 is 14.7 Å². The van der Waals surface area contributed by atoms with Crippen molar-refractivity contribution in [3.05, 3.63) is 34.9 Å². The minimum Gasteiger partial charge on any atom is -0.480 e. The zero-order valence-electron chi connectivity index (χ0n) is 8.58. The van der Waals surface area contributed by atoms with E-state index >= 15 is 0 Å². The van der Waals surface area contributed by atoms with Crippen LogP contribution in [-0.2, 0) is 16.0 Å². The Kier molecular flexibility index (Phi) is 4.15. The summed E-state index contributed by atoms with van der Waals surface area (Å²) in [5, 5.41) is 11.6. The Balaban J connectivity index is 2.71. The van der Waals surface area contributed by atoms with Gasteiger partial charge in [0.1, 0.15) is 6.04 Å². The average Bonchev–Trinajstić information content (AvgIpc) is 2.19. The molecule has 4 nitrogen and oxygen atoms in total. The van der Waals surface area contributed by atoms with Crippen molar-refractivity contribution in [1.29, 1.82) is 0 Å². The molecule has 0 aliphatic heterocycles. The second-order valence-corrected chi connectivity index (χ2v) is 3.66. The van der Waals surface area contributed by atoms with E-state index in [1.807, 2.05) is 0 Å². The summed E-state index contributed by atoms with van der Waals surface area (Å²) >= 11 is 5.62. The molecule has 1 amide bonds. The van der Waals surface area contributed by atoms with E-state index in [4.69, 9.17) is 16.7 Å². The number of carbonyl (C=O) groups is 2. The van der Waals surface area contributed by atoms with Crippen molar-refractivity contribution in [2.45, 2.75) is 19.4 Å². The monoisotopic (exact) mass is 239 g/mol. The van der Waals surface area contributed by atoms with E-state index in [1.54, 1.807) is 12.1 Å². The fourth-order valence-electron chi connectivity index (χ4n) is 1.18. The summed E-state index contributed by atoms with van der Waals surface area (Å²) in [5.41, 5.74) is 0.630. The molecule has 0 aromatic heterocycles. The zero-order valence-corrected chi connectivity index (χ0v) is 9.34. The van der Waals surface area contributed by atoms with Crippen molar-refractivity contribution in [3.63, 3.8) is 0 Å². The first-order valence-corrected chi connectivity index (χ1v) is 4.95. The first-order chi connectivity index (χ1) is 7.49. The Labute approximate surface area is 98.2 Å². The van der Waals surface area contributed by atoms with Crippen LogP contribution in [0.15, 0.2) is 12.1 Å². The number of carboxylic acids is 1. The minimum absolute atomic E-state index is 0.155. The molecule has 0 bridgehead atoms. The number of hydrogen-bond donors (Lipinski definition) is 2. The molecule has 0 heterocycles. The molecule has 5 heteroatoms. The Hall–Kier alpha value is -1.73. The van der Waals surface area contributed by atoms with Crippen LogP contribution in [0, 0.1) is 12.1 Å². The third kappa shape index (κ3) is 3.79. The lowest BCUT2D eigenvalue weighted by molar-refractivity contribution is -0.141. The maximum atomic E-state index is 10.8. The van der Waals surface area contributed by atoms with E-state index in [0.717, 1.165) is 0 Å². The van der Waals surface area contributed by atoms with Crippen molar-refractivity contribution in [2.24, 2.45) is 0 Å². The van der Waals surface area contributed by atoms with E-state index in [-0.39, 0.29) is 12.3 Å². The topological polar surface area (TPSA) is 66.4 Å². The predicted octanol–water partition coefficient (Wildman–Crippen LogP) is 1.07. The second kappa shape index (κ2) is 5.38. The van der Waals surface area contributed by atoms with E-state index in [0.29, 0.717) is 10.6 Å². The van der Waals surface area contributed by atoms with Gasteiger partial charge < -0.3 is 10.4 Å². The van der Waals surface area contributed by atoms with Gasteiger partial charge in [0.25, 0.3) is 0 Å². The van der Waals surface area contributed by atoms with E-state index in [2.05, 4.69) is 17.4 Å². The molecule has 0 aliphatic carbocycles. The molecule has 1 unspecified atom stereocenters. The van der Waals surface area contributed by atoms with Gasteiger partial charge in [-0.1, -0.05) is 17.7 Å². The molecular formula is C11H10ClNO3. The molecule has 1 atom stereocenters. The fraction of sp³-hybridized carbons (Fsp3) is 0.273. The standard InChI is InChI=1S/C11H10ClNO3/c1-7(14)13-10(11(15)16)6-8-2-4-9(12)5-3-8/h2,4,10H,6H2,1H3,(H,13,14)(H,15,16). The SMILES string of the molecule is CC(=O)NC(Cc1c#cc(Cl)cc1)C(=O)O. The number of carboxylic acid groups (broad SMARTS) is 1. The van der Waals surface area contributed by atoms with Crippen LogP contribution in [0.1, 0.15) is 12.5 Å². The quantitative estimate of drug-likeness (QED) is 0.826. The Morgan fingerprint density at radius 3 is 2.62 bits per heavy atom. The average molecular weight is 240 g/mol. The van der Waals surface area contributed by atoms with Crippen LogP contribution in [0.4, 0.5) is 0 Å². The van der Waals surface area contributed by atoms with Crippen LogP contribution in [0.3, 0.4) is 0 Å². The highest BCUT2D eigenvalue weighted by Gasteiger charge is 2.18. The molecule has 0 aliphatic rings. The van der Waals surface area contributed by atoms with Gasteiger partial charge in [-0.2, -0.15) is 0 Å². The molecule has 0 saturated carbocycles. The predicted molar refractivity (Wildman–Crippen MR) is 58.1 cm³/mol. The van der Waals surface area contributed by atoms with Crippen LogP contribution in [0.25, 0.3) is 0 Å². The molecule has 0 spiro atoms. The number of amides is 1. The van der Waals surface area contributed by atoms with Crippen LogP contribution in [0.2, 0.25) is 5.02 Å². The van der Waals surface area contributed by atoms with Gasteiger partial charge in [-0.15, -0.1) is 0 Å². The third-order valence-electron chi connectivity index (χ3n) is 1.87. The van der Waals surface area contributed by atoms with Crippen molar-refractivity contribution in [1.82, 2.24) is 5.32 Å².